The monoisotopic (exact) mass is 316 g/mol. The summed E-state index contributed by atoms with van der Waals surface area (Å²) in [6.07, 6.45) is 4.38. The minimum Gasteiger partial charge on any atom is -0.479 e. The summed E-state index contributed by atoms with van der Waals surface area (Å²) in [4.78, 5) is 0. The van der Waals surface area contributed by atoms with E-state index >= 15 is 0 Å². The van der Waals surface area contributed by atoms with Gasteiger partial charge in [-0.15, -0.1) is 0 Å². The molecule has 0 fully saturated rings. The van der Waals surface area contributed by atoms with Gasteiger partial charge < -0.3 is 4.74 Å². The third-order valence-corrected chi connectivity index (χ3v) is 3.27. The van der Waals surface area contributed by atoms with Crippen LogP contribution in [0.1, 0.15) is 24.5 Å². The summed E-state index contributed by atoms with van der Waals surface area (Å²) in [5.74, 6) is 0. The van der Waals surface area contributed by atoms with E-state index in [1.54, 1.807) is 0 Å². The molecule has 0 N–H and O–H groups in total. The van der Waals surface area contributed by atoms with Gasteiger partial charge in [-0.3, -0.25) is 0 Å². The van der Waals surface area contributed by atoms with Crippen LogP contribution in [0, 0.1) is 0 Å². The molecule has 1 atom stereocenters. The third-order valence-electron chi connectivity index (χ3n) is 2.23. The fourth-order valence-corrected chi connectivity index (χ4v) is 2.22. The Bertz CT molecular complexity index is 343. The molecular weight excluding hydrogens is 308 g/mol. The van der Waals surface area contributed by atoms with Crippen molar-refractivity contribution in [2.75, 3.05) is 0 Å². The molecule has 1 heterocycles. The second-order valence-corrected chi connectivity index (χ2v) is 4.94. The Morgan fingerprint density at radius 1 is 1.14 bits per heavy atom. The maximum absolute atomic E-state index is 5.67. The van der Waals surface area contributed by atoms with Crippen LogP contribution in [0.3, 0.4) is 0 Å². The predicted octanol–water partition coefficient (Wildman–Crippen LogP) is 4.54. The van der Waals surface area contributed by atoms with Crippen LogP contribution in [0.2, 0.25) is 0 Å². The van der Waals surface area contributed by atoms with E-state index in [0.717, 1.165) is 22.0 Å². The molecule has 14 heavy (non-hydrogen) atoms. The first-order chi connectivity index (χ1) is 6.75. The first kappa shape index (κ1) is 10.2. The van der Waals surface area contributed by atoms with Crippen molar-refractivity contribution in [1.82, 2.24) is 0 Å². The van der Waals surface area contributed by atoms with Crippen molar-refractivity contribution in [2.45, 2.75) is 18.9 Å². The van der Waals surface area contributed by atoms with Gasteiger partial charge in [0.15, 0.2) is 4.67 Å². The lowest BCUT2D eigenvalue weighted by atomic mass is 10.0. The number of hydrogen-bond donors (Lipinski definition) is 0. The molecule has 0 spiro atoms. The van der Waals surface area contributed by atoms with E-state index in [0.29, 0.717) is 0 Å². The Balaban J connectivity index is 2.16. The highest BCUT2D eigenvalue weighted by atomic mass is 79.9. The normalized spacial score (nSPS) is 21.3. The van der Waals surface area contributed by atoms with Crippen molar-refractivity contribution in [1.29, 1.82) is 0 Å². The van der Waals surface area contributed by atoms with Crippen LogP contribution >= 0.6 is 31.9 Å². The third kappa shape index (κ3) is 2.39. The van der Waals surface area contributed by atoms with Crippen molar-refractivity contribution < 1.29 is 4.74 Å². The molecule has 0 saturated carbocycles. The lowest BCUT2D eigenvalue weighted by Gasteiger charge is -2.22. The van der Waals surface area contributed by atoms with Gasteiger partial charge >= 0.3 is 0 Å². The Labute approximate surface area is 100 Å². The van der Waals surface area contributed by atoms with Crippen molar-refractivity contribution in [3.63, 3.8) is 0 Å². The molecule has 0 aromatic heterocycles. The van der Waals surface area contributed by atoms with Crippen molar-refractivity contribution in [2.24, 2.45) is 0 Å². The van der Waals surface area contributed by atoms with Gasteiger partial charge in [-0.25, -0.2) is 0 Å². The molecule has 1 unspecified atom stereocenters. The average molecular weight is 318 g/mol. The molecule has 0 saturated heterocycles. The molecule has 0 amide bonds. The fraction of sp³-hybridized carbons (Fsp3) is 0.273. The van der Waals surface area contributed by atoms with Gasteiger partial charge in [0.25, 0.3) is 0 Å². The molecule has 1 aromatic rings. The van der Waals surface area contributed by atoms with E-state index in [1.165, 1.54) is 5.56 Å². The summed E-state index contributed by atoms with van der Waals surface area (Å²) in [7, 11) is 0. The molecule has 0 bridgehead atoms. The van der Waals surface area contributed by atoms with E-state index in [1.807, 2.05) is 12.1 Å². The van der Waals surface area contributed by atoms with Crippen molar-refractivity contribution in [3.05, 3.63) is 45.0 Å². The maximum Gasteiger partial charge on any atom is 0.159 e. The quantitative estimate of drug-likeness (QED) is 0.739. The van der Waals surface area contributed by atoms with Gasteiger partial charge in [0.2, 0.25) is 0 Å². The largest absolute Gasteiger partial charge is 0.479 e. The van der Waals surface area contributed by atoms with Gasteiger partial charge in [0.1, 0.15) is 6.10 Å². The number of halogens is 2. The molecule has 0 radical (unpaired) electrons. The first-order valence-corrected chi connectivity index (χ1v) is 6.12. The average Bonchev–Trinajstić information content (AvgIpc) is 2.19. The van der Waals surface area contributed by atoms with E-state index in [9.17, 15) is 0 Å². The second-order valence-electron chi connectivity index (χ2n) is 3.24. The molecule has 0 aliphatic carbocycles. The van der Waals surface area contributed by atoms with Gasteiger partial charge in [0.05, 0.1) is 0 Å². The van der Waals surface area contributed by atoms with Crippen LogP contribution in [0.25, 0.3) is 0 Å². The lowest BCUT2D eigenvalue weighted by Crippen LogP contribution is -2.05. The van der Waals surface area contributed by atoms with E-state index in [2.05, 4.69) is 50.1 Å². The smallest absolute Gasteiger partial charge is 0.159 e. The molecule has 1 aliphatic rings. The predicted molar refractivity (Wildman–Crippen MR) is 64.2 cm³/mol. The summed E-state index contributed by atoms with van der Waals surface area (Å²) in [5.41, 5.74) is 1.23. The fourth-order valence-electron chi connectivity index (χ4n) is 1.50. The van der Waals surface area contributed by atoms with Crippen LogP contribution in [0.15, 0.2) is 39.5 Å². The summed E-state index contributed by atoms with van der Waals surface area (Å²) in [5, 5.41) is 0. The van der Waals surface area contributed by atoms with Crippen LogP contribution in [-0.4, -0.2) is 0 Å². The highest BCUT2D eigenvalue weighted by Crippen LogP contribution is 2.32. The van der Waals surface area contributed by atoms with Gasteiger partial charge in [0, 0.05) is 4.47 Å². The number of allylic oxidation sites excluding steroid dienone is 1. The minimum absolute atomic E-state index is 0.197. The lowest BCUT2D eigenvalue weighted by molar-refractivity contribution is 0.118. The highest BCUT2D eigenvalue weighted by Gasteiger charge is 2.16. The first-order valence-electron chi connectivity index (χ1n) is 4.53. The Morgan fingerprint density at radius 2 is 1.86 bits per heavy atom. The summed E-state index contributed by atoms with van der Waals surface area (Å²) >= 11 is 6.79. The Kier molecular flexibility index (Phi) is 3.29. The van der Waals surface area contributed by atoms with Gasteiger partial charge in [-0.05, 0) is 52.5 Å². The number of benzene rings is 1. The Morgan fingerprint density at radius 3 is 2.50 bits per heavy atom. The van der Waals surface area contributed by atoms with E-state index in [4.69, 9.17) is 4.74 Å². The summed E-state index contributed by atoms with van der Waals surface area (Å²) < 4.78 is 7.64. The zero-order chi connectivity index (χ0) is 9.97. The van der Waals surface area contributed by atoms with Gasteiger partial charge in [-0.2, -0.15) is 0 Å². The summed E-state index contributed by atoms with van der Waals surface area (Å²) in [6.45, 7) is 0. The van der Waals surface area contributed by atoms with E-state index in [-0.39, 0.29) is 6.10 Å². The minimum atomic E-state index is 0.197. The molecule has 2 rings (SSSR count). The van der Waals surface area contributed by atoms with Crippen LogP contribution in [0.5, 0.6) is 0 Å². The molecule has 3 heteroatoms. The number of ether oxygens (including phenoxy) is 1. The SMILES string of the molecule is BrC1=CCCC(c2ccc(Br)cc2)O1. The second kappa shape index (κ2) is 4.49. The molecule has 1 aromatic carbocycles. The molecule has 1 nitrogen and oxygen atoms in total. The Hall–Kier alpha value is -0.280. The molecular formula is C11H10Br2O. The number of rotatable bonds is 1. The molecule has 74 valence electrons. The topological polar surface area (TPSA) is 9.23 Å². The van der Waals surface area contributed by atoms with Crippen LogP contribution in [-0.2, 0) is 4.74 Å². The zero-order valence-electron chi connectivity index (χ0n) is 7.54. The van der Waals surface area contributed by atoms with E-state index < -0.39 is 0 Å². The van der Waals surface area contributed by atoms with Gasteiger partial charge in [-0.1, -0.05) is 28.1 Å². The van der Waals surface area contributed by atoms with Crippen molar-refractivity contribution in [3.8, 4) is 0 Å². The number of hydrogen-bond acceptors (Lipinski definition) is 1. The summed E-state index contributed by atoms with van der Waals surface area (Å²) in [6, 6.07) is 8.29. The zero-order valence-corrected chi connectivity index (χ0v) is 10.7. The standard InChI is InChI=1S/C11H10Br2O/c12-9-6-4-8(5-7-9)10-2-1-3-11(13)14-10/h3-7,10H,1-2H2. The maximum atomic E-state index is 5.67. The molecule has 1 aliphatic heterocycles. The highest BCUT2D eigenvalue weighted by molar-refractivity contribution is 9.11. The van der Waals surface area contributed by atoms with Crippen LogP contribution in [0.4, 0.5) is 0 Å². The van der Waals surface area contributed by atoms with Crippen LogP contribution < -0.4 is 0 Å². The van der Waals surface area contributed by atoms with Crippen molar-refractivity contribution >= 4 is 31.9 Å².